The van der Waals surface area contributed by atoms with Gasteiger partial charge in [0.15, 0.2) is 0 Å². The van der Waals surface area contributed by atoms with Crippen LogP contribution in [0, 0.1) is 0 Å². The van der Waals surface area contributed by atoms with E-state index in [-0.39, 0.29) is 6.04 Å². The molecule has 0 amide bonds. The van der Waals surface area contributed by atoms with Crippen LogP contribution in [-0.2, 0) is 6.42 Å². The smallest absolute Gasteiger partial charge is 0.127 e. The number of furan rings is 1. The van der Waals surface area contributed by atoms with Crippen molar-refractivity contribution < 1.29 is 4.42 Å². The predicted molar refractivity (Wildman–Crippen MR) is 77.2 cm³/mol. The minimum absolute atomic E-state index is 0.134. The molecule has 0 saturated heterocycles. The number of anilines is 1. The lowest BCUT2D eigenvalue weighted by molar-refractivity contribution is 0.449. The van der Waals surface area contributed by atoms with Crippen molar-refractivity contribution in [2.45, 2.75) is 25.3 Å². The molecule has 2 heterocycles. The van der Waals surface area contributed by atoms with E-state index in [9.17, 15) is 0 Å². The number of hydrogen-bond donors (Lipinski definition) is 1. The average Bonchev–Trinajstić information content (AvgIpc) is 2.88. The molecule has 0 radical (unpaired) electrons. The molecule has 0 saturated carbocycles. The topological polar surface area (TPSA) is 42.4 Å². The summed E-state index contributed by atoms with van der Waals surface area (Å²) < 4.78 is 5.57. The quantitative estimate of drug-likeness (QED) is 0.917. The lowest BCUT2D eigenvalue weighted by Crippen LogP contribution is -2.34. The van der Waals surface area contributed by atoms with Crippen molar-refractivity contribution in [3.8, 4) is 0 Å². The maximum atomic E-state index is 6.00. The fraction of sp³-hybridized carbons (Fsp3) is 0.375. The highest BCUT2D eigenvalue weighted by Crippen LogP contribution is 2.33. The monoisotopic (exact) mass is 256 g/mol. The zero-order chi connectivity index (χ0) is 13.1. The highest BCUT2D eigenvalue weighted by atomic mass is 16.3. The van der Waals surface area contributed by atoms with Gasteiger partial charge in [0.25, 0.3) is 0 Å². The molecule has 2 aromatic rings. The van der Waals surface area contributed by atoms with Crippen molar-refractivity contribution in [3.05, 3.63) is 54.0 Å². The summed E-state index contributed by atoms with van der Waals surface area (Å²) in [5, 5.41) is 0. The minimum Gasteiger partial charge on any atom is -0.467 e. The number of hydrogen-bond acceptors (Lipinski definition) is 3. The van der Waals surface area contributed by atoms with Crippen molar-refractivity contribution in [3.63, 3.8) is 0 Å². The first-order valence-electron chi connectivity index (χ1n) is 6.98. The lowest BCUT2D eigenvalue weighted by atomic mass is 10.1. The largest absolute Gasteiger partial charge is 0.467 e. The van der Waals surface area contributed by atoms with Gasteiger partial charge in [-0.15, -0.1) is 0 Å². The van der Waals surface area contributed by atoms with Crippen molar-refractivity contribution in [1.82, 2.24) is 0 Å². The van der Waals surface area contributed by atoms with Crippen molar-refractivity contribution in [2.75, 3.05) is 18.0 Å². The molecule has 1 aliphatic rings. The summed E-state index contributed by atoms with van der Waals surface area (Å²) >= 11 is 0. The van der Waals surface area contributed by atoms with Gasteiger partial charge in [-0.05, 0) is 43.0 Å². The molecule has 1 unspecified atom stereocenters. The summed E-state index contributed by atoms with van der Waals surface area (Å²) in [6.07, 6.45) is 5.32. The van der Waals surface area contributed by atoms with Crippen LogP contribution in [0.1, 0.15) is 30.2 Å². The summed E-state index contributed by atoms with van der Waals surface area (Å²) in [5.41, 5.74) is 8.73. The molecule has 1 atom stereocenters. The van der Waals surface area contributed by atoms with Gasteiger partial charge in [-0.25, -0.2) is 0 Å². The van der Waals surface area contributed by atoms with Crippen molar-refractivity contribution >= 4 is 5.69 Å². The van der Waals surface area contributed by atoms with Gasteiger partial charge < -0.3 is 15.1 Å². The first-order chi connectivity index (χ1) is 9.40. The fourth-order valence-corrected chi connectivity index (χ4v) is 2.92. The zero-order valence-corrected chi connectivity index (χ0v) is 11.1. The highest BCUT2D eigenvalue weighted by Gasteiger charge is 2.24. The normalized spacial score (nSPS) is 16.8. The van der Waals surface area contributed by atoms with Gasteiger partial charge in [-0.1, -0.05) is 18.2 Å². The van der Waals surface area contributed by atoms with Crippen molar-refractivity contribution in [1.29, 1.82) is 0 Å². The van der Waals surface area contributed by atoms with Crippen LogP contribution < -0.4 is 10.6 Å². The third-order valence-corrected chi connectivity index (χ3v) is 3.87. The maximum Gasteiger partial charge on any atom is 0.127 e. The predicted octanol–water partition coefficient (Wildman–Crippen LogP) is 3.12. The Morgan fingerprint density at radius 1 is 1.16 bits per heavy atom. The molecule has 1 aliphatic heterocycles. The number of rotatable bonds is 3. The van der Waals surface area contributed by atoms with Gasteiger partial charge in [-0.2, -0.15) is 0 Å². The average molecular weight is 256 g/mol. The number of nitrogens with two attached hydrogens (primary N) is 1. The molecular formula is C16H20N2O. The molecule has 2 N–H and O–H groups in total. The number of nitrogens with zero attached hydrogens (tertiary/aromatic N) is 1. The Labute approximate surface area is 114 Å². The van der Waals surface area contributed by atoms with Crippen molar-refractivity contribution in [2.24, 2.45) is 5.73 Å². The Kier molecular flexibility index (Phi) is 3.56. The molecule has 3 nitrogen and oxygen atoms in total. The molecule has 100 valence electrons. The van der Waals surface area contributed by atoms with E-state index in [1.54, 1.807) is 6.26 Å². The van der Waals surface area contributed by atoms with Crippen LogP contribution in [0.15, 0.2) is 47.1 Å². The summed E-state index contributed by atoms with van der Waals surface area (Å²) in [7, 11) is 0. The van der Waals surface area contributed by atoms with Crippen LogP contribution in [0.2, 0.25) is 0 Å². The SMILES string of the molecule is NCC(c1ccco1)N1CCCCc2ccccc21. The van der Waals surface area contributed by atoms with E-state index < -0.39 is 0 Å². The van der Waals surface area contributed by atoms with E-state index in [4.69, 9.17) is 10.2 Å². The second kappa shape index (κ2) is 5.49. The summed E-state index contributed by atoms with van der Waals surface area (Å²) in [5.74, 6) is 0.958. The molecule has 1 aromatic carbocycles. The van der Waals surface area contributed by atoms with E-state index in [2.05, 4.69) is 29.2 Å². The van der Waals surface area contributed by atoms with Crippen LogP contribution in [0.25, 0.3) is 0 Å². The van der Waals surface area contributed by atoms with Crippen LogP contribution in [0.3, 0.4) is 0 Å². The third-order valence-electron chi connectivity index (χ3n) is 3.87. The second-order valence-corrected chi connectivity index (χ2v) is 5.05. The molecule has 3 heteroatoms. The molecule has 19 heavy (non-hydrogen) atoms. The minimum atomic E-state index is 0.134. The molecule has 0 bridgehead atoms. The second-order valence-electron chi connectivity index (χ2n) is 5.05. The Morgan fingerprint density at radius 3 is 2.84 bits per heavy atom. The summed E-state index contributed by atoms with van der Waals surface area (Å²) in [6.45, 7) is 1.61. The summed E-state index contributed by atoms with van der Waals surface area (Å²) in [4.78, 5) is 2.40. The summed E-state index contributed by atoms with van der Waals surface area (Å²) in [6, 6.07) is 12.7. The van der Waals surface area contributed by atoms with Gasteiger partial charge in [0, 0.05) is 18.8 Å². The molecular weight excluding hydrogens is 236 g/mol. The van der Waals surface area contributed by atoms with E-state index in [1.165, 1.54) is 24.1 Å². The number of para-hydroxylation sites is 1. The third kappa shape index (κ3) is 2.38. The van der Waals surface area contributed by atoms with Crippen LogP contribution in [0.4, 0.5) is 5.69 Å². The van der Waals surface area contributed by atoms with Crippen LogP contribution >= 0.6 is 0 Å². The molecule has 0 spiro atoms. The Hall–Kier alpha value is -1.74. The Balaban J connectivity index is 1.99. The van der Waals surface area contributed by atoms with Crippen LogP contribution in [-0.4, -0.2) is 13.1 Å². The van der Waals surface area contributed by atoms with E-state index in [1.807, 2.05) is 12.1 Å². The van der Waals surface area contributed by atoms with Gasteiger partial charge in [0.2, 0.25) is 0 Å². The van der Waals surface area contributed by atoms with Gasteiger partial charge in [0.1, 0.15) is 5.76 Å². The van der Waals surface area contributed by atoms with E-state index in [0.717, 1.165) is 18.7 Å². The van der Waals surface area contributed by atoms with Gasteiger partial charge >= 0.3 is 0 Å². The van der Waals surface area contributed by atoms with Gasteiger partial charge in [0.05, 0.1) is 12.3 Å². The first kappa shape index (κ1) is 12.3. The zero-order valence-electron chi connectivity index (χ0n) is 11.1. The van der Waals surface area contributed by atoms with Gasteiger partial charge in [-0.3, -0.25) is 0 Å². The maximum absolute atomic E-state index is 6.00. The number of fused-ring (bicyclic) bond motifs is 1. The molecule has 0 aliphatic carbocycles. The molecule has 0 fully saturated rings. The first-order valence-corrected chi connectivity index (χ1v) is 6.98. The fourth-order valence-electron chi connectivity index (χ4n) is 2.92. The highest BCUT2D eigenvalue weighted by molar-refractivity contribution is 5.55. The number of aryl methyl sites for hydroxylation is 1. The molecule has 1 aromatic heterocycles. The molecule has 3 rings (SSSR count). The van der Waals surface area contributed by atoms with E-state index >= 15 is 0 Å². The number of benzene rings is 1. The lowest BCUT2D eigenvalue weighted by Gasteiger charge is -2.31. The Bertz CT molecular complexity index is 521. The standard InChI is InChI=1S/C16H20N2O/c17-12-15(16-9-5-11-19-16)18-10-4-3-7-13-6-1-2-8-14(13)18/h1-2,5-6,8-9,11,15H,3-4,7,10,12,17H2. The Morgan fingerprint density at radius 2 is 2.05 bits per heavy atom. The van der Waals surface area contributed by atoms with Crippen LogP contribution in [0.5, 0.6) is 0 Å². The van der Waals surface area contributed by atoms with E-state index in [0.29, 0.717) is 6.54 Å².